The molecule has 2 N–H and O–H groups in total. The molecule has 3 aromatic rings. The summed E-state index contributed by atoms with van der Waals surface area (Å²) in [6, 6.07) is 9.21. The summed E-state index contributed by atoms with van der Waals surface area (Å²) in [6.07, 6.45) is 4.25. The molecular formula is C23H22FN3O4. The van der Waals surface area contributed by atoms with E-state index in [9.17, 15) is 18.8 Å². The number of amides is 2. The molecule has 0 aliphatic rings. The van der Waals surface area contributed by atoms with Gasteiger partial charge in [-0.25, -0.2) is 4.39 Å². The third-order valence-corrected chi connectivity index (χ3v) is 4.48. The molecule has 0 spiro atoms. The Bertz CT molecular complexity index is 1160. The lowest BCUT2D eigenvalue weighted by Gasteiger charge is -2.12. The van der Waals surface area contributed by atoms with Crippen LogP contribution in [0.3, 0.4) is 0 Å². The number of carbonyl (C=O) groups is 2. The SMILES string of the molecule is C=CCNC(=O)c1cn(Cc2ccc(C)o2)cc(C(=O)NCc2ccc(F)cc2)c1=O. The zero-order valence-corrected chi connectivity index (χ0v) is 17.0. The summed E-state index contributed by atoms with van der Waals surface area (Å²) in [7, 11) is 0. The number of benzene rings is 1. The van der Waals surface area contributed by atoms with Gasteiger partial charge in [-0.2, -0.15) is 0 Å². The van der Waals surface area contributed by atoms with Gasteiger partial charge in [0.25, 0.3) is 11.8 Å². The van der Waals surface area contributed by atoms with Crippen molar-refractivity contribution >= 4 is 11.8 Å². The maximum Gasteiger partial charge on any atom is 0.257 e. The van der Waals surface area contributed by atoms with Gasteiger partial charge >= 0.3 is 0 Å². The van der Waals surface area contributed by atoms with Crippen LogP contribution in [-0.4, -0.2) is 22.9 Å². The van der Waals surface area contributed by atoms with Crippen LogP contribution in [0.15, 0.2) is 70.7 Å². The second-order valence-corrected chi connectivity index (χ2v) is 6.91. The van der Waals surface area contributed by atoms with E-state index < -0.39 is 17.2 Å². The van der Waals surface area contributed by atoms with Crippen LogP contribution in [0.5, 0.6) is 0 Å². The summed E-state index contributed by atoms with van der Waals surface area (Å²) in [5, 5.41) is 5.19. The molecule has 0 unspecified atom stereocenters. The predicted molar refractivity (Wildman–Crippen MR) is 113 cm³/mol. The molecule has 0 aliphatic heterocycles. The van der Waals surface area contributed by atoms with Crippen LogP contribution in [0, 0.1) is 12.7 Å². The van der Waals surface area contributed by atoms with E-state index in [0.29, 0.717) is 11.3 Å². The van der Waals surface area contributed by atoms with Gasteiger partial charge in [0.2, 0.25) is 5.43 Å². The summed E-state index contributed by atoms with van der Waals surface area (Å²) in [5.41, 5.74) is -0.373. The monoisotopic (exact) mass is 423 g/mol. The molecule has 3 rings (SSSR count). The van der Waals surface area contributed by atoms with Gasteiger partial charge in [-0.1, -0.05) is 18.2 Å². The Morgan fingerprint density at radius 2 is 1.71 bits per heavy atom. The Morgan fingerprint density at radius 1 is 1.06 bits per heavy atom. The van der Waals surface area contributed by atoms with Crippen LogP contribution in [0.4, 0.5) is 4.39 Å². The number of halogens is 1. The van der Waals surface area contributed by atoms with Gasteiger partial charge in [-0.15, -0.1) is 6.58 Å². The minimum absolute atomic E-state index is 0.100. The van der Waals surface area contributed by atoms with E-state index in [4.69, 9.17) is 4.42 Å². The quantitative estimate of drug-likeness (QED) is 0.545. The standard InChI is InChI=1S/C23H22FN3O4/c1-3-10-25-22(29)19-13-27(12-18-9-4-15(2)31-18)14-20(21(19)28)23(30)26-11-16-5-7-17(24)8-6-16/h3-9,13-14H,1,10-12H2,2H3,(H,25,29)(H,26,30). The van der Waals surface area contributed by atoms with Crippen LogP contribution in [0.2, 0.25) is 0 Å². The molecule has 0 saturated heterocycles. The van der Waals surface area contributed by atoms with Crippen molar-refractivity contribution in [2.45, 2.75) is 20.0 Å². The van der Waals surface area contributed by atoms with Crippen LogP contribution >= 0.6 is 0 Å². The fraction of sp³-hybridized carbons (Fsp3) is 0.174. The first-order valence-electron chi connectivity index (χ1n) is 9.58. The van der Waals surface area contributed by atoms with Crippen molar-refractivity contribution in [2.24, 2.45) is 0 Å². The molecular weight excluding hydrogens is 401 g/mol. The summed E-state index contributed by atoms with van der Waals surface area (Å²) in [6.45, 7) is 5.84. The van der Waals surface area contributed by atoms with Crippen LogP contribution < -0.4 is 16.1 Å². The first-order chi connectivity index (χ1) is 14.9. The number of nitrogens with zero attached hydrogens (tertiary/aromatic N) is 1. The molecule has 8 heteroatoms. The van der Waals surface area contributed by atoms with E-state index in [2.05, 4.69) is 17.2 Å². The largest absolute Gasteiger partial charge is 0.464 e. The molecule has 31 heavy (non-hydrogen) atoms. The van der Waals surface area contributed by atoms with Crippen molar-refractivity contribution in [1.82, 2.24) is 15.2 Å². The second kappa shape index (κ2) is 9.71. The number of carbonyl (C=O) groups excluding carboxylic acids is 2. The molecule has 2 heterocycles. The number of pyridine rings is 1. The lowest BCUT2D eigenvalue weighted by Crippen LogP contribution is -2.35. The van der Waals surface area contributed by atoms with E-state index in [0.717, 1.165) is 5.76 Å². The predicted octanol–water partition coefficient (Wildman–Crippen LogP) is 2.78. The fourth-order valence-electron chi connectivity index (χ4n) is 2.94. The fourth-order valence-corrected chi connectivity index (χ4v) is 2.94. The Hall–Kier alpha value is -3.94. The van der Waals surface area contributed by atoms with Crippen LogP contribution in [-0.2, 0) is 13.1 Å². The number of aromatic nitrogens is 1. The minimum atomic E-state index is -0.690. The van der Waals surface area contributed by atoms with Gasteiger partial charge in [0.05, 0.1) is 6.54 Å². The van der Waals surface area contributed by atoms with Crippen LogP contribution in [0.1, 0.15) is 37.8 Å². The zero-order chi connectivity index (χ0) is 22.4. The second-order valence-electron chi connectivity index (χ2n) is 6.91. The smallest absolute Gasteiger partial charge is 0.257 e. The molecule has 0 atom stereocenters. The maximum atomic E-state index is 13.1. The average Bonchev–Trinajstić information content (AvgIpc) is 3.16. The lowest BCUT2D eigenvalue weighted by atomic mass is 10.1. The van der Waals surface area contributed by atoms with Gasteiger partial charge in [0.15, 0.2) is 0 Å². The van der Waals surface area contributed by atoms with Crippen molar-refractivity contribution in [3.8, 4) is 0 Å². The highest BCUT2D eigenvalue weighted by atomic mass is 19.1. The topological polar surface area (TPSA) is 93.3 Å². The lowest BCUT2D eigenvalue weighted by molar-refractivity contribution is 0.0948. The normalized spacial score (nSPS) is 10.5. The third kappa shape index (κ3) is 5.57. The van der Waals surface area contributed by atoms with E-state index in [1.807, 2.05) is 0 Å². The molecule has 160 valence electrons. The van der Waals surface area contributed by atoms with E-state index in [1.165, 1.54) is 42.7 Å². The Balaban J connectivity index is 1.90. The van der Waals surface area contributed by atoms with Gasteiger partial charge in [-0.05, 0) is 36.8 Å². The number of hydrogen-bond donors (Lipinski definition) is 2. The number of aryl methyl sites for hydroxylation is 1. The highest BCUT2D eigenvalue weighted by Gasteiger charge is 2.19. The van der Waals surface area contributed by atoms with E-state index in [1.54, 1.807) is 23.6 Å². The van der Waals surface area contributed by atoms with Gasteiger partial charge in [0.1, 0.15) is 28.5 Å². The van der Waals surface area contributed by atoms with Crippen molar-refractivity contribution in [1.29, 1.82) is 0 Å². The first-order valence-corrected chi connectivity index (χ1v) is 9.58. The Kier molecular flexibility index (Phi) is 6.81. The average molecular weight is 423 g/mol. The van der Waals surface area contributed by atoms with E-state index in [-0.39, 0.29) is 36.6 Å². The summed E-state index contributed by atoms with van der Waals surface area (Å²) in [5.74, 6) is -0.308. The number of furan rings is 1. The van der Waals surface area contributed by atoms with Gasteiger partial charge in [-0.3, -0.25) is 14.4 Å². The molecule has 2 aromatic heterocycles. The summed E-state index contributed by atoms with van der Waals surface area (Å²) >= 11 is 0. The third-order valence-electron chi connectivity index (χ3n) is 4.48. The van der Waals surface area contributed by atoms with Crippen LogP contribution in [0.25, 0.3) is 0 Å². The Labute approximate surface area is 178 Å². The van der Waals surface area contributed by atoms with Gasteiger partial charge in [0, 0.05) is 25.5 Å². The molecule has 0 bridgehead atoms. The molecule has 2 amide bonds. The summed E-state index contributed by atoms with van der Waals surface area (Å²) < 4.78 is 20.2. The highest BCUT2D eigenvalue weighted by Crippen LogP contribution is 2.10. The van der Waals surface area contributed by atoms with Crippen molar-refractivity contribution in [2.75, 3.05) is 6.54 Å². The van der Waals surface area contributed by atoms with Crippen molar-refractivity contribution in [3.05, 3.63) is 106 Å². The molecule has 0 fully saturated rings. The molecule has 0 saturated carbocycles. The number of rotatable bonds is 8. The van der Waals surface area contributed by atoms with Gasteiger partial charge < -0.3 is 19.6 Å². The van der Waals surface area contributed by atoms with E-state index >= 15 is 0 Å². The first kappa shape index (κ1) is 21.8. The maximum absolute atomic E-state index is 13.1. The summed E-state index contributed by atoms with van der Waals surface area (Å²) in [4.78, 5) is 38.0. The zero-order valence-electron chi connectivity index (χ0n) is 17.0. The molecule has 7 nitrogen and oxygen atoms in total. The minimum Gasteiger partial charge on any atom is -0.464 e. The molecule has 0 radical (unpaired) electrons. The Morgan fingerprint density at radius 3 is 2.29 bits per heavy atom. The number of nitrogens with one attached hydrogen (secondary N) is 2. The molecule has 0 aliphatic carbocycles. The van der Waals surface area contributed by atoms with Crippen molar-refractivity contribution < 1.29 is 18.4 Å². The molecule has 1 aromatic carbocycles. The number of hydrogen-bond acceptors (Lipinski definition) is 4. The van der Waals surface area contributed by atoms with Crippen molar-refractivity contribution in [3.63, 3.8) is 0 Å². The highest BCUT2D eigenvalue weighted by molar-refractivity contribution is 5.99.